The number of rotatable bonds is 3. The minimum absolute atomic E-state index is 0.152. The Hall–Kier alpha value is -1.34. The molecule has 0 heterocycles. The first-order valence-electron chi connectivity index (χ1n) is 3.98. The van der Waals surface area contributed by atoms with Gasteiger partial charge in [0.1, 0.15) is 11.6 Å². The van der Waals surface area contributed by atoms with Crippen LogP contribution < -0.4 is 14.2 Å². The Balaban J connectivity index is 3.02. The standard InChI is InChI=1S/C8H11FN2O3S/c1-11(2)8-4-3-6(5-7(8)9)14-15(10,12)13/h3-5H,1-2H3,(H2,10,12,13). The van der Waals surface area contributed by atoms with Gasteiger partial charge in [0.2, 0.25) is 0 Å². The van der Waals surface area contributed by atoms with Crippen LogP contribution in [0.5, 0.6) is 5.75 Å². The fourth-order valence-corrected chi connectivity index (χ4v) is 1.41. The van der Waals surface area contributed by atoms with Crippen molar-refractivity contribution in [2.24, 2.45) is 5.14 Å². The Kier molecular flexibility index (Phi) is 3.15. The summed E-state index contributed by atoms with van der Waals surface area (Å²) >= 11 is 0. The van der Waals surface area contributed by atoms with Gasteiger partial charge in [-0.3, -0.25) is 0 Å². The molecule has 0 amide bonds. The second-order valence-corrected chi connectivity index (χ2v) is 4.24. The van der Waals surface area contributed by atoms with E-state index in [1.165, 1.54) is 12.1 Å². The lowest BCUT2D eigenvalue weighted by molar-refractivity contribution is 0.485. The van der Waals surface area contributed by atoms with Gasteiger partial charge < -0.3 is 9.08 Å². The molecule has 84 valence electrons. The quantitative estimate of drug-likeness (QED) is 0.825. The number of nitrogens with zero attached hydrogens (tertiary/aromatic N) is 1. The first kappa shape index (κ1) is 11.7. The van der Waals surface area contributed by atoms with Crippen LogP contribution in [0.15, 0.2) is 18.2 Å². The highest BCUT2D eigenvalue weighted by molar-refractivity contribution is 7.84. The Morgan fingerprint density at radius 3 is 2.40 bits per heavy atom. The number of hydrogen-bond acceptors (Lipinski definition) is 4. The van der Waals surface area contributed by atoms with E-state index in [1.807, 2.05) is 0 Å². The minimum atomic E-state index is -4.11. The lowest BCUT2D eigenvalue weighted by Gasteiger charge is -2.13. The van der Waals surface area contributed by atoms with Crippen molar-refractivity contribution in [3.63, 3.8) is 0 Å². The number of nitrogens with two attached hydrogens (primary N) is 1. The van der Waals surface area contributed by atoms with E-state index in [0.717, 1.165) is 6.07 Å². The van der Waals surface area contributed by atoms with Crippen LogP contribution in [0.2, 0.25) is 0 Å². The predicted octanol–water partition coefficient (Wildman–Crippen LogP) is 0.474. The third-order valence-corrected chi connectivity index (χ3v) is 2.04. The van der Waals surface area contributed by atoms with E-state index in [1.54, 1.807) is 19.0 Å². The van der Waals surface area contributed by atoms with Crippen molar-refractivity contribution in [2.75, 3.05) is 19.0 Å². The second kappa shape index (κ2) is 4.03. The Bertz CT molecular complexity index is 459. The average Bonchev–Trinajstić information content (AvgIpc) is 1.99. The summed E-state index contributed by atoms with van der Waals surface area (Å²) in [6.45, 7) is 0. The molecular formula is C8H11FN2O3S. The van der Waals surface area contributed by atoms with E-state index in [0.29, 0.717) is 5.69 Å². The summed E-state index contributed by atoms with van der Waals surface area (Å²) in [5, 5.41) is 4.63. The van der Waals surface area contributed by atoms with Crippen LogP contribution in [0.25, 0.3) is 0 Å². The summed E-state index contributed by atoms with van der Waals surface area (Å²) < 4.78 is 38.7. The molecule has 0 aliphatic rings. The fraction of sp³-hybridized carbons (Fsp3) is 0.250. The number of hydrogen-bond donors (Lipinski definition) is 1. The molecule has 7 heteroatoms. The van der Waals surface area contributed by atoms with Crippen LogP contribution in [-0.2, 0) is 10.3 Å². The molecule has 0 saturated carbocycles. The van der Waals surface area contributed by atoms with Crippen LogP contribution >= 0.6 is 0 Å². The molecule has 1 aromatic carbocycles. The third kappa shape index (κ3) is 3.37. The van der Waals surface area contributed by atoms with Crippen LogP contribution in [0.4, 0.5) is 10.1 Å². The van der Waals surface area contributed by atoms with Crippen molar-refractivity contribution >= 4 is 16.0 Å². The monoisotopic (exact) mass is 234 g/mol. The summed E-state index contributed by atoms with van der Waals surface area (Å²) in [5.74, 6) is -0.734. The van der Waals surface area contributed by atoms with E-state index >= 15 is 0 Å². The zero-order chi connectivity index (χ0) is 11.6. The molecule has 0 bridgehead atoms. The van der Waals surface area contributed by atoms with Gasteiger partial charge in [-0.1, -0.05) is 0 Å². The highest BCUT2D eigenvalue weighted by Crippen LogP contribution is 2.22. The fourth-order valence-electron chi connectivity index (χ4n) is 1.04. The number of benzene rings is 1. The van der Waals surface area contributed by atoms with Gasteiger partial charge in [-0.25, -0.2) is 4.39 Å². The highest BCUT2D eigenvalue weighted by Gasteiger charge is 2.09. The van der Waals surface area contributed by atoms with Crippen molar-refractivity contribution in [3.05, 3.63) is 24.0 Å². The van der Waals surface area contributed by atoms with Gasteiger partial charge in [0.05, 0.1) is 5.69 Å². The SMILES string of the molecule is CN(C)c1ccc(OS(N)(=O)=O)cc1F. The first-order chi connectivity index (χ1) is 6.79. The molecule has 15 heavy (non-hydrogen) atoms. The zero-order valence-corrected chi connectivity index (χ0v) is 9.08. The van der Waals surface area contributed by atoms with Gasteiger partial charge in [-0.05, 0) is 12.1 Å². The maximum atomic E-state index is 13.3. The normalized spacial score (nSPS) is 11.2. The lowest BCUT2D eigenvalue weighted by Crippen LogP contribution is -2.19. The van der Waals surface area contributed by atoms with Crippen molar-refractivity contribution in [1.29, 1.82) is 0 Å². The largest absolute Gasteiger partial charge is 0.380 e. The zero-order valence-electron chi connectivity index (χ0n) is 8.27. The molecule has 5 nitrogen and oxygen atoms in total. The summed E-state index contributed by atoms with van der Waals surface area (Å²) in [5.41, 5.74) is 0.330. The smallest absolute Gasteiger partial charge is 0.375 e. The van der Waals surface area contributed by atoms with Crippen LogP contribution in [0.3, 0.4) is 0 Å². The molecule has 0 aliphatic carbocycles. The molecule has 1 aromatic rings. The van der Waals surface area contributed by atoms with E-state index in [4.69, 9.17) is 0 Å². The van der Waals surface area contributed by atoms with Crippen molar-refractivity contribution < 1.29 is 17.0 Å². The second-order valence-electron chi connectivity index (χ2n) is 3.08. The molecular weight excluding hydrogens is 223 g/mol. The maximum absolute atomic E-state index is 13.3. The molecule has 0 spiro atoms. The molecule has 2 N–H and O–H groups in total. The summed E-state index contributed by atoms with van der Waals surface area (Å²) in [7, 11) is -0.777. The van der Waals surface area contributed by atoms with Gasteiger partial charge in [0.25, 0.3) is 0 Å². The highest BCUT2D eigenvalue weighted by atomic mass is 32.2. The van der Waals surface area contributed by atoms with Gasteiger partial charge in [-0.15, -0.1) is 0 Å². The average molecular weight is 234 g/mol. The molecule has 1 rings (SSSR count). The van der Waals surface area contributed by atoms with Gasteiger partial charge >= 0.3 is 10.3 Å². The molecule has 0 unspecified atom stereocenters. The van der Waals surface area contributed by atoms with Gasteiger partial charge in [0, 0.05) is 20.2 Å². The Morgan fingerprint density at radius 1 is 1.40 bits per heavy atom. The maximum Gasteiger partial charge on any atom is 0.380 e. The van der Waals surface area contributed by atoms with E-state index in [9.17, 15) is 12.8 Å². The Morgan fingerprint density at radius 2 is 2.00 bits per heavy atom. The third-order valence-electron chi connectivity index (χ3n) is 1.61. The van der Waals surface area contributed by atoms with Crippen LogP contribution in [-0.4, -0.2) is 22.5 Å². The van der Waals surface area contributed by atoms with Crippen LogP contribution in [0.1, 0.15) is 0 Å². The molecule has 0 atom stereocenters. The van der Waals surface area contributed by atoms with Crippen LogP contribution in [0, 0.1) is 5.82 Å². The predicted molar refractivity (Wildman–Crippen MR) is 54.5 cm³/mol. The van der Waals surface area contributed by atoms with Crippen molar-refractivity contribution in [2.45, 2.75) is 0 Å². The van der Waals surface area contributed by atoms with E-state index < -0.39 is 16.1 Å². The number of anilines is 1. The first-order valence-corrected chi connectivity index (χ1v) is 5.46. The Labute approximate surface area is 87.5 Å². The van der Waals surface area contributed by atoms with Gasteiger partial charge in [-0.2, -0.15) is 13.6 Å². The molecule has 0 radical (unpaired) electrons. The topological polar surface area (TPSA) is 72.6 Å². The summed E-state index contributed by atoms with van der Waals surface area (Å²) in [6, 6.07) is 3.68. The van der Waals surface area contributed by atoms with Crippen molar-refractivity contribution in [3.8, 4) is 5.75 Å². The van der Waals surface area contributed by atoms with Crippen molar-refractivity contribution in [1.82, 2.24) is 0 Å². The molecule has 0 saturated heterocycles. The summed E-state index contributed by atoms with van der Waals surface area (Å²) in [6.07, 6.45) is 0. The lowest BCUT2D eigenvalue weighted by atomic mass is 10.3. The summed E-state index contributed by atoms with van der Waals surface area (Å²) in [4.78, 5) is 1.55. The minimum Gasteiger partial charge on any atom is -0.375 e. The van der Waals surface area contributed by atoms with Gasteiger partial charge in [0.15, 0.2) is 0 Å². The molecule has 0 aromatic heterocycles. The van der Waals surface area contributed by atoms with E-state index in [-0.39, 0.29) is 5.75 Å². The van der Waals surface area contributed by atoms with E-state index in [2.05, 4.69) is 9.32 Å². The molecule has 0 fully saturated rings. The number of halogens is 1. The molecule has 0 aliphatic heterocycles.